The monoisotopic (exact) mass is 389 g/mol. The molecule has 0 spiro atoms. The van der Waals surface area contributed by atoms with Gasteiger partial charge in [-0.3, -0.25) is 0 Å². The molecule has 1 N–H and O–H groups in total. The standard InChI is InChI=1S/C16H15BrCl2FN/c1-2-21-16(11-4-6-14(18)15(19)7-11)8-10-3-5-12(20)9-13(10)17/h3-7,9,16,21H,2,8H2,1H3. The van der Waals surface area contributed by atoms with Crippen molar-refractivity contribution in [2.24, 2.45) is 0 Å². The second-order valence-corrected chi connectivity index (χ2v) is 6.39. The van der Waals surface area contributed by atoms with Gasteiger partial charge in [0.15, 0.2) is 0 Å². The first-order chi connectivity index (χ1) is 10.0. The highest BCUT2D eigenvalue weighted by Gasteiger charge is 2.14. The number of nitrogens with one attached hydrogen (secondary N) is 1. The number of rotatable bonds is 5. The molecule has 2 aromatic carbocycles. The van der Waals surface area contributed by atoms with Gasteiger partial charge >= 0.3 is 0 Å². The third-order valence-electron chi connectivity index (χ3n) is 3.24. The van der Waals surface area contributed by atoms with E-state index in [1.54, 1.807) is 12.1 Å². The molecule has 0 aliphatic rings. The Balaban J connectivity index is 2.28. The molecule has 0 radical (unpaired) electrons. The van der Waals surface area contributed by atoms with Crippen LogP contribution in [-0.4, -0.2) is 6.54 Å². The van der Waals surface area contributed by atoms with E-state index in [9.17, 15) is 4.39 Å². The van der Waals surface area contributed by atoms with Crippen molar-refractivity contribution in [2.75, 3.05) is 6.54 Å². The molecular weight excluding hydrogens is 376 g/mol. The van der Waals surface area contributed by atoms with Gasteiger partial charge in [0, 0.05) is 10.5 Å². The molecule has 21 heavy (non-hydrogen) atoms. The van der Waals surface area contributed by atoms with Crippen molar-refractivity contribution < 1.29 is 4.39 Å². The summed E-state index contributed by atoms with van der Waals surface area (Å²) < 4.78 is 13.9. The van der Waals surface area contributed by atoms with Crippen molar-refractivity contribution in [1.82, 2.24) is 5.32 Å². The predicted octanol–water partition coefficient (Wildman–Crippen LogP) is 5.79. The minimum absolute atomic E-state index is 0.0894. The van der Waals surface area contributed by atoms with Gasteiger partial charge in [0.25, 0.3) is 0 Å². The molecule has 0 aromatic heterocycles. The Morgan fingerprint density at radius 3 is 2.52 bits per heavy atom. The van der Waals surface area contributed by atoms with Crippen LogP contribution in [-0.2, 0) is 6.42 Å². The van der Waals surface area contributed by atoms with E-state index in [1.807, 2.05) is 19.1 Å². The summed E-state index contributed by atoms with van der Waals surface area (Å²) in [5.41, 5.74) is 2.09. The summed E-state index contributed by atoms with van der Waals surface area (Å²) in [6.07, 6.45) is 0.729. The van der Waals surface area contributed by atoms with E-state index in [0.29, 0.717) is 10.0 Å². The molecule has 1 nitrogen and oxygen atoms in total. The molecule has 2 aromatic rings. The lowest BCUT2D eigenvalue weighted by atomic mass is 9.99. The minimum atomic E-state index is -0.250. The first kappa shape index (κ1) is 16.8. The molecule has 0 saturated carbocycles. The Labute approximate surface area is 142 Å². The maximum Gasteiger partial charge on any atom is 0.124 e. The Morgan fingerprint density at radius 2 is 1.90 bits per heavy atom. The van der Waals surface area contributed by atoms with Crippen LogP contribution in [0, 0.1) is 5.82 Å². The minimum Gasteiger partial charge on any atom is -0.310 e. The van der Waals surface area contributed by atoms with Crippen molar-refractivity contribution in [3.63, 3.8) is 0 Å². The lowest BCUT2D eigenvalue weighted by Gasteiger charge is -2.20. The van der Waals surface area contributed by atoms with Gasteiger partial charge in [0.1, 0.15) is 5.82 Å². The van der Waals surface area contributed by atoms with Crippen molar-refractivity contribution in [3.05, 3.63) is 67.9 Å². The van der Waals surface area contributed by atoms with Crippen LogP contribution in [0.1, 0.15) is 24.1 Å². The maximum atomic E-state index is 13.2. The Morgan fingerprint density at radius 1 is 1.14 bits per heavy atom. The third kappa shape index (κ3) is 4.43. The van der Waals surface area contributed by atoms with Crippen LogP contribution >= 0.6 is 39.1 Å². The zero-order valence-electron chi connectivity index (χ0n) is 11.5. The molecule has 2 rings (SSSR count). The van der Waals surface area contributed by atoms with Gasteiger partial charge in [-0.05, 0) is 48.4 Å². The fourth-order valence-corrected chi connectivity index (χ4v) is 3.01. The van der Waals surface area contributed by atoms with Crippen molar-refractivity contribution >= 4 is 39.1 Å². The van der Waals surface area contributed by atoms with E-state index in [4.69, 9.17) is 23.2 Å². The van der Waals surface area contributed by atoms with Gasteiger partial charge in [-0.2, -0.15) is 0 Å². The molecule has 0 saturated heterocycles. The second-order valence-electron chi connectivity index (χ2n) is 4.72. The van der Waals surface area contributed by atoms with Crippen LogP contribution < -0.4 is 5.32 Å². The van der Waals surface area contributed by atoms with Crippen LogP contribution in [0.5, 0.6) is 0 Å². The molecule has 112 valence electrons. The average Bonchev–Trinajstić information content (AvgIpc) is 2.44. The van der Waals surface area contributed by atoms with Crippen molar-refractivity contribution in [3.8, 4) is 0 Å². The topological polar surface area (TPSA) is 12.0 Å². The number of halogens is 4. The van der Waals surface area contributed by atoms with Crippen LogP contribution in [0.15, 0.2) is 40.9 Å². The fourth-order valence-electron chi connectivity index (χ4n) is 2.19. The van der Waals surface area contributed by atoms with Crippen LogP contribution in [0.2, 0.25) is 10.0 Å². The summed E-state index contributed by atoms with van der Waals surface area (Å²) in [5, 5.41) is 4.50. The van der Waals surface area contributed by atoms with Gasteiger partial charge in [-0.15, -0.1) is 0 Å². The number of hydrogen-bond donors (Lipinski definition) is 1. The summed E-state index contributed by atoms with van der Waals surface area (Å²) in [6, 6.07) is 10.5. The summed E-state index contributed by atoms with van der Waals surface area (Å²) in [6.45, 7) is 2.87. The Bertz CT molecular complexity index is 634. The van der Waals surface area contributed by atoms with E-state index in [-0.39, 0.29) is 11.9 Å². The molecular formula is C16H15BrCl2FN. The van der Waals surface area contributed by atoms with Crippen molar-refractivity contribution in [1.29, 1.82) is 0 Å². The van der Waals surface area contributed by atoms with Crippen LogP contribution in [0.3, 0.4) is 0 Å². The first-order valence-electron chi connectivity index (χ1n) is 6.63. The molecule has 5 heteroatoms. The van der Waals surface area contributed by atoms with Crippen LogP contribution in [0.4, 0.5) is 4.39 Å². The highest BCUT2D eigenvalue weighted by Crippen LogP contribution is 2.29. The van der Waals surface area contributed by atoms with Gasteiger partial charge in [-0.1, -0.05) is 58.2 Å². The third-order valence-corrected chi connectivity index (χ3v) is 4.71. The number of benzene rings is 2. The van der Waals surface area contributed by atoms with E-state index in [2.05, 4.69) is 21.2 Å². The van der Waals surface area contributed by atoms with E-state index < -0.39 is 0 Å². The molecule has 0 heterocycles. The molecule has 0 bridgehead atoms. The lowest BCUT2D eigenvalue weighted by Crippen LogP contribution is -2.23. The maximum absolute atomic E-state index is 13.2. The zero-order chi connectivity index (χ0) is 15.4. The second kappa shape index (κ2) is 7.59. The zero-order valence-corrected chi connectivity index (χ0v) is 14.6. The fraction of sp³-hybridized carbons (Fsp3) is 0.250. The first-order valence-corrected chi connectivity index (χ1v) is 8.18. The molecule has 0 fully saturated rings. The van der Waals surface area contributed by atoms with Gasteiger partial charge in [0.2, 0.25) is 0 Å². The predicted molar refractivity (Wildman–Crippen MR) is 90.7 cm³/mol. The SMILES string of the molecule is CCNC(Cc1ccc(F)cc1Br)c1ccc(Cl)c(Cl)c1. The summed E-state index contributed by atoms with van der Waals surface area (Å²) in [4.78, 5) is 0. The highest BCUT2D eigenvalue weighted by atomic mass is 79.9. The van der Waals surface area contributed by atoms with Gasteiger partial charge in [0.05, 0.1) is 10.0 Å². The van der Waals surface area contributed by atoms with E-state index >= 15 is 0 Å². The van der Waals surface area contributed by atoms with Crippen LogP contribution in [0.25, 0.3) is 0 Å². The van der Waals surface area contributed by atoms with Gasteiger partial charge in [-0.25, -0.2) is 4.39 Å². The van der Waals surface area contributed by atoms with E-state index in [0.717, 1.165) is 28.6 Å². The quantitative estimate of drug-likeness (QED) is 0.681. The molecule has 0 aliphatic heterocycles. The normalized spacial score (nSPS) is 12.4. The lowest BCUT2D eigenvalue weighted by molar-refractivity contribution is 0.548. The smallest absolute Gasteiger partial charge is 0.124 e. The van der Waals surface area contributed by atoms with Crippen molar-refractivity contribution in [2.45, 2.75) is 19.4 Å². The summed E-state index contributed by atoms with van der Waals surface area (Å²) >= 11 is 15.5. The summed E-state index contributed by atoms with van der Waals surface area (Å²) in [7, 11) is 0. The van der Waals surface area contributed by atoms with E-state index in [1.165, 1.54) is 12.1 Å². The summed E-state index contributed by atoms with van der Waals surface area (Å²) in [5.74, 6) is -0.250. The van der Waals surface area contributed by atoms with Gasteiger partial charge < -0.3 is 5.32 Å². The largest absolute Gasteiger partial charge is 0.310 e. The Kier molecular flexibility index (Phi) is 6.06. The molecule has 0 amide bonds. The Hall–Kier alpha value is -0.610. The molecule has 1 unspecified atom stereocenters. The highest BCUT2D eigenvalue weighted by molar-refractivity contribution is 9.10. The molecule has 1 atom stereocenters. The molecule has 0 aliphatic carbocycles. The number of likely N-dealkylation sites (N-methyl/N-ethyl adjacent to an activating group) is 1. The number of hydrogen-bond acceptors (Lipinski definition) is 1. The average molecular weight is 391 g/mol.